The number of benzene rings is 1. The summed E-state index contributed by atoms with van der Waals surface area (Å²) >= 11 is 5.19. The fourth-order valence-electron chi connectivity index (χ4n) is 2.00. The van der Waals surface area contributed by atoms with Gasteiger partial charge in [-0.05, 0) is 55.5 Å². The van der Waals surface area contributed by atoms with E-state index in [1.165, 1.54) is 0 Å². The summed E-state index contributed by atoms with van der Waals surface area (Å²) in [5.41, 5.74) is 6.14. The molecule has 1 aromatic heterocycles. The third-order valence-corrected chi connectivity index (χ3v) is 3.41. The second kappa shape index (κ2) is 8.79. The maximum Gasteiger partial charge on any atom is 0.187 e. The molecule has 0 aliphatic rings. The second-order valence-electron chi connectivity index (χ2n) is 4.96. The zero-order chi connectivity index (χ0) is 17.4. The first-order valence-electron chi connectivity index (χ1n) is 7.45. The molecule has 0 fully saturated rings. The molecule has 2 aromatic rings. The topological polar surface area (TPSA) is 58.5 Å². The number of ether oxygens (including phenoxy) is 1. The van der Waals surface area contributed by atoms with Crippen molar-refractivity contribution in [3.05, 3.63) is 72.1 Å². The molecule has 1 heterocycles. The molecule has 6 heteroatoms. The van der Waals surface area contributed by atoms with Gasteiger partial charge in [-0.25, -0.2) is 0 Å². The van der Waals surface area contributed by atoms with Gasteiger partial charge in [-0.3, -0.25) is 10.4 Å². The van der Waals surface area contributed by atoms with E-state index in [1.807, 2.05) is 49.4 Å². The van der Waals surface area contributed by atoms with Crippen molar-refractivity contribution in [1.82, 2.24) is 15.7 Å². The van der Waals surface area contributed by atoms with Crippen LogP contribution in [0.4, 0.5) is 0 Å². The number of aromatic nitrogens is 1. The number of thiocarbonyl (C=S) groups is 1. The minimum Gasteiger partial charge on any atom is -0.497 e. The minimum atomic E-state index is 0.425. The fourth-order valence-corrected chi connectivity index (χ4v) is 2.13. The summed E-state index contributed by atoms with van der Waals surface area (Å²) in [6.45, 7) is 6.16. The van der Waals surface area contributed by atoms with Crippen molar-refractivity contribution < 1.29 is 4.74 Å². The highest BCUT2D eigenvalue weighted by atomic mass is 32.1. The number of hydrogen-bond donors (Lipinski definition) is 2. The number of hydrogen-bond acceptors (Lipinski definition) is 4. The van der Waals surface area contributed by atoms with Gasteiger partial charge in [0.1, 0.15) is 11.5 Å². The second-order valence-corrected chi connectivity index (χ2v) is 5.37. The fraction of sp³-hybridized carbons (Fsp3) is 0.167. The molecule has 24 heavy (non-hydrogen) atoms. The minimum absolute atomic E-state index is 0.425. The summed E-state index contributed by atoms with van der Waals surface area (Å²) < 4.78 is 5.20. The van der Waals surface area contributed by atoms with Crippen molar-refractivity contribution in [2.24, 2.45) is 5.10 Å². The highest BCUT2D eigenvalue weighted by Crippen LogP contribution is 2.15. The summed E-state index contributed by atoms with van der Waals surface area (Å²) in [5.74, 6) is 0.784. The highest BCUT2D eigenvalue weighted by molar-refractivity contribution is 7.80. The van der Waals surface area contributed by atoms with E-state index in [-0.39, 0.29) is 0 Å². The van der Waals surface area contributed by atoms with E-state index in [4.69, 9.17) is 17.0 Å². The molecule has 0 aliphatic carbocycles. The first kappa shape index (κ1) is 17.6. The molecular formula is C18H20N4OS. The predicted molar refractivity (Wildman–Crippen MR) is 102 cm³/mol. The van der Waals surface area contributed by atoms with Gasteiger partial charge >= 0.3 is 0 Å². The highest BCUT2D eigenvalue weighted by Gasteiger charge is 2.10. The standard InChI is InChI=1S/C18H20N4OS/c1-4-12-19-18(24)22-21-17(16-7-5-6-13(2)20-16)14-8-10-15(23-3)11-9-14/h4-11H,1,12H2,2-3H3,(H2,19,22,24)/b21-17-. The van der Waals surface area contributed by atoms with Crippen LogP contribution in [0.5, 0.6) is 5.75 Å². The smallest absolute Gasteiger partial charge is 0.187 e. The summed E-state index contributed by atoms with van der Waals surface area (Å²) in [5, 5.41) is 7.84. The Morgan fingerprint density at radius 2 is 2.04 bits per heavy atom. The molecule has 0 radical (unpaired) electrons. The predicted octanol–water partition coefficient (Wildman–Crippen LogP) is 2.80. The Balaban J connectivity index is 2.33. The quantitative estimate of drug-likeness (QED) is 0.366. The van der Waals surface area contributed by atoms with E-state index >= 15 is 0 Å². The van der Waals surface area contributed by atoms with E-state index in [0.29, 0.717) is 17.4 Å². The van der Waals surface area contributed by atoms with E-state index in [9.17, 15) is 0 Å². The summed E-state index contributed by atoms with van der Waals surface area (Å²) in [7, 11) is 1.64. The van der Waals surface area contributed by atoms with Crippen LogP contribution >= 0.6 is 12.2 Å². The van der Waals surface area contributed by atoms with Gasteiger partial charge < -0.3 is 10.1 Å². The Morgan fingerprint density at radius 1 is 1.29 bits per heavy atom. The van der Waals surface area contributed by atoms with Crippen molar-refractivity contribution in [2.45, 2.75) is 6.92 Å². The molecule has 0 saturated carbocycles. The Labute approximate surface area is 147 Å². The molecule has 0 bridgehead atoms. The van der Waals surface area contributed by atoms with Crippen LogP contribution in [0, 0.1) is 6.92 Å². The van der Waals surface area contributed by atoms with Gasteiger partial charge in [-0.2, -0.15) is 5.10 Å². The normalized spacial score (nSPS) is 10.8. The van der Waals surface area contributed by atoms with Crippen molar-refractivity contribution in [2.75, 3.05) is 13.7 Å². The van der Waals surface area contributed by atoms with E-state index < -0.39 is 0 Å². The van der Waals surface area contributed by atoms with Gasteiger partial charge in [0.05, 0.1) is 12.8 Å². The van der Waals surface area contributed by atoms with Gasteiger partial charge in [0, 0.05) is 17.8 Å². The third-order valence-electron chi connectivity index (χ3n) is 3.17. The van der Waals surface area contributed by atoms with Crippen LogP contribution < -0.4 is 15.5 Å². The first-order valence-corrected chi connectivity index (χ1v) is 7.85. The largest absolute Gasteiger partial charge is 0.497 e. The van der Waals surface area contributed by atoms with Crippen LogP contribution in [0.3, 0.4) is 0 Å². The lowest BCUT2D eigenvalue weighted by molar-refractivity contribution is 0.415. The molecule has 0 aliphatic heterocycles. The van der Waals surface area contributed by atoms with Crippen molar-refractivity contribution >= 4 is 23.0 Å². The summed E-state index contributed by atoms with van der Waals surface area (Å²) in [4.78, 5) is 4.55. The van der Waals surface area contributed by atoms with Gasteiger partial charge in [0.2, 0.25) is 0 Å². The number of nitrogens with one attached hydrogen (secondary N) is 2. The summed E-state index contributed by atoms with van der Waals surface area (Å²) in [6, 6.07) is 13.4. The average molecular weight is 340 g/mol. The molecule has 0 amide bonds. The lowest BCUT2D eigenvalue weighted by Crippen LogP contribution is -2.33. The molecule has 2 rings (SSSR count). The van der Waals surface area contributed by atoms with Crippen LogP contribution in [0.1, 0.15) is 17.0 Å². The Hall–Kier alpha value is -2.73. The third kappa shape index (κ3) is 4.89. The van der Waals surface area contributed by atoms with Gasteiger partial charge in [-0.15, -0.1) is 6.58 Å². The zero-order valence-corrected chi connectivity index (χ0v) is 14.6. The Morgan fingerprint density at radius 3 is 2.67 bits per heavy atom. The van der Waals surface area contributed by atoms with Gasteiger partial charge in [0.25, 0.3) is 0 Å². The molecule has 124 valence electrons. The monoisotopic (exact) mass is 340 g/mol. The van der Waals surface area contributed by atoms with Gasteiger partial charge in [0.15, 0.2) is 5.11 Å². The maximum atomic E-state index is 5.20. The van der Waals surface area contributed by atoms with Crippen LogP contribution in [0.15, 0.2) is 60.2 Å². The van der Waals surface area contributed by atoms with E-state index in [2.05, 4.69) is 27.4 Å². The lowest BCUT2D eigenvalue weighted by atomic mass is 10.1. The van der Waals surface area contributed by atoms with Gasteiger partial charge in [-0.1, -0.05) is 12.1 Å². The first-order chi connectivity index (χ1) is 11.6. The number of aryl methyl sites for hydroxylation is 1. The average Bonchev–Trinajstić information content (AvgIpc) is 2.60. The van der Waals surface area contributed by atoms with Crippen molar-refractivity contribution in [3.63, 3.8) is 0 Å². The Kier molecular flexibility index (Phi) is 6.45. The van der Waals surface area contributed by atoms with Crippen molar-refractivity contribution in [3.8, 4) is 5.75 Å². The number of pyridine rings is 1. The van der Waals surface area contributed by atoms with E-state index in [0.717, 1.165) is 22.7 Å². The molecule has 2 N–H and O–H groups in total. The molecule has 0 saturated heterocycles. The van der Waals surface area contributed by atoms with Crippen molar-refractivity contribution in [1.29, 1.82) is 0 Å². The number of methoxy groups -OCH3 is 1. The molecule has 0 spiro atoms. The molecule has 5 nitrogen and oxygen atoms in total. The maximum absolute atomic E-state index is 5.20. The van der Waals surface area contributed by atoms with Crippen LogP contribution in [-0.4, -0.2) is 29.5 Å². The summed E-state index contributed by atoms with van der Waals surface area (Å²) in [6.07, 6.45) is 1.73. The number of hydrazone groups is 1. The molecule has 0 atom stereocenters. The van der Waals surface area contributed by atoms with Crippen LogP contribution in [0.25, 0.3) is 0 Å². The number of rotatable bonds is 6. The molecule has 0 unspecified atom stereocenters. The Bertz CT molecular complexity index is 741. The van der Waals surface area contributed by atoms with Crippen LogP contribution in [-0.2, 0) is 0 Å². The molecule has 1 aromatic carbocycles. The number of nitrogens with zero attached hydrogens (tertiary/aromatic N) is 2. The van der Waals surface area contributed by atoms with Crippen LogP contribution in [0.2, 0.25) is 0 Å². The SMILES string of the molecule is C=CCNC(=S)N/N=C(/c1ccc(OC)cc1)c1cccc(C)n1. The van der Waals surface area contributed by atoms with E-state index in [1.54, 1.807) is 13.2 Å². The zero-order valence-electron chi connectivity index (χ0n) is 13.7. The lowest BCUT2D eigenvalue weighted by Gasteiger charge is -2.10. The molecular weight excluding hydrogens is 320 g/mol.